The predicted octanol–water partition coefficient (Wildman–Crippen LogP) is 7.43. The summed E-state index contributed by atoms with van der Waals surface area (Å²) in [5, 5.41) is 3.38. The van der Waals surface area contributed by atoms with Gasteiger partial charge in [0.15, 0.2) is 0 Å². The Morgan fingerprint density at radius 1 is 0.903 bits per heavy atom. The molecular formula is C27H30F2N2. The third-order valence-electron chi connectivity index (χ3n) is 6.00. The zero-order chi connectivity index (χ0) is 22.0. The molecule has 0 aromatic heterocycles. The van der Waals surface area contributed by atoms with Crippen molar-refractivity contribution in [1.29, 1.82) is 0 Å². The zero-order valence-corrected chi connectivity index (χ0v) is 18.2. The molecule has 0 radical (unpaired) electrons. The van der Waals surface area contributed by atoms with Crippen LogP contribution < -0.4 is 11.1 Å². The zero-order valence-electron chi connectivity index (χ0n) is 18.2. The highest BCUT2D eigenvalue weighted by Gasteiger charge is 2.21. The third-order valence-corrected chi connectivity index (χ3v) is 6.00. The lowest BCUT2D eigenvalue weighted by Gasteiger charge is -2.14. The largest absolute Gasteiger partial charge is 0.399 e. The van der Waals surface area contributed by atoms with Crippen molar-refractivity contribution < 1.29 is 8.78 Å². The fourth-order valence-corrected chi connectivity index (χ4v) is 3.49. The Kier molecular flexibility index (Phi) is 6.26. The number of nitrogen functional groups attached to an aromatic ring is 1. The lowest BCUT2D eigenvalue weighted by atomic mass is 9.94. The van der Waals surface area contributed by atoms with Crippen LogP contribution in [0.15, 0.2) is 54.6 Å². The van der Waals surface area contributed by atoms with Crippen LogP contribution in [0.3, 0.4) is 0 Å². The summed E-state index contributed by atoms with van der Waals surface area (Å²) >= 11 is 0. The Morgan fingerprint density at radius 3 is 2.03 bits per heavy atom. The first-order valence-electron chi connectivity index (χ1n) is 11.1. The molecule has 2 saturated carbocycles. The first-order chi connectivity index (χ1) is 14.9. The highest BCUT2D eigenvalue weighted by molar-refractivity contribution is 5.76. The van der Waals surface area contributed by atoms with E-state index in [1.165, 1.54) is 31.7 Å². The SMILES string of the molecule is CC1CC1.Cc1c(F)c(-c2ccc(N)cc2)cc(F)c1-c1ccc(NCC2CC2)cc1. The summed E-state index contributed by atoms with van der Waals surface area (Å²) in [6, 6.07) is 15.5. The number of rotatable bonds is 5. The molecule has 31 heavy (non-hydrogen) atoms. The molecule has 0 heterocycles. The maximum absolute atomic E-state index is 15.0. The smallest absolute Gasteiger partial charge is 0.134 e. The average Bonchev–Trinajstić information content (AvgIpc) is 3.69. The number of halogens is 2. The van der Waals surface area contributed by atoms with Crippen LogP contribution in [0.2, 0.25) is 0 Å². The van der Waals surface area contributed by atoms with Gasteiger partial charge < -0.3 is 11.1 Å². The van der Waals surface area contributed by atoms with Gasteiger partial charge in [0.1, 0.15) is 11.6 Å². The van der Waals surface area contributed by atoms with Crippen molar-refractivity contribution >= 4 is 11.4 Å². The Balaban J connectivity index is 0.000000520. The molecule has 0 spiro atoms. The molecule has 5 rings (SSSR count). The van der Waals surface area contributed by atoms with Crippen LogP contribution in [0.5, 0.6) is 0 Å². The van der Waals surface area contributed by atoms with Crippen molar-refractivity contribution in [1.82, 2.24) is 0 Å². The Hall–Kier alpha value is -2.88. The Bertz CT molecular complexity index is 1030. The topological polar surface area (TPSA) is 38.0 Å². The lowest BCUT2D eigenvalue weighted by molar-refractivity contribution is 0.599. The van der Waals surface area contributed by atoms with Crippen LogP contribution in [0.25, 0.3) is 22.3 Å². The first kappa shape index (κ1) is 21.4. The maximum Gasteiger partial charge on any atom is 0.134 e. The van der Waals surface area contributed by atoms with E-state index < -0.39 is 11.6 Å². The van der Waals surface area contributed by atoms with E-state index in [2.05, 4.69) is 12.2 Å². The molecular weight excluding hydrogens is 390 g/mol. The normalized spacial score (nSPS) is 15.2. The van der Waals surface area contributed by atoms with Crippen LogP contribution in [-0.4, -0.2) is 6.54 Å². The van der Waals surface area contributed by atoms with E-state index in [1.54, 1.807) is 31.2 Å². The molecule has 2 aliphatic carbocycles. The molecule has 0 amide bonds. The van der Waals surface area contributed by atoms with Gasteiger partial charge in [0.05, 0.1) is 0 Å². The minimum absolute atomic E-state index is 0.247. The van der Waals surface area contributed by atoms with Gasteiger partial charge >= 0.3 is 0 Å². The molecule has 4 heteroatoms. The maximum atomic E-state index is 15.0. The van der Waals surface area contributed by atoms with Gasteiger partial charge in [-0.3, -0.25) is 0 Å². The van der Waals surface area contributed by atoms with E-state index in [9.17, 15) is 8.78 Å². The summed E-state index contributed by atoms with van der Waals surface area (Å²) in [4.78, 5) is 0. The molecule has 0 atom stereocenters. The summed E-state index contributed by atoms with van der Waals surface area (Å²) in [6.45, 7) is 4.87. The fraction of sp³-hybridized carbons (Fsp3) is 0.333. The monoisotopic (exact) mass is 420 g/mol. The quantitative estimate of drug-likeness (QED) is 0.421. The molecule has 2 aliphatic rings. The number of nitrogens with one attached hydrogen (secondary N) is 1. The second-order valence-electron chi connectivity index (χ2n) is 8.93. The highest BCUT2D eigenvalue weighted by atomic mass is 19.1. The minimum Gasteiger partial charge on any atom is -0.399 e. The van der Waals surface area contributed by atoms with Gasteiger partial charge in [0.2, 0.25) is 0 Å². The van der Waals surface area contributed by atoms with Gasteiger partial charge in [-0.1, -0.05) is 44.0 Å². The molecule has 3 N–H and O–H groups in total. The van der Waals surface area contributed by atoms with E-state index in [4.69, 9.17) is 5.73 Å². The number of hydrogen-bond donors (Lipinski definition) is 2. The highest BCUT2D eigenvalue weighted by Crippen LogP contribution is 2.35. The van der Waals surface area contributed by atoms with Crippen molar-refractivity contribution in [2.24, 2.45) is 11.8 Å². The molecule has 3 aromatic rings. The summed E-state index contributed by atoms with van der Waals surface area (Å²) in [5.41, 5.74) is 9.41. The second-order valence-corrected chi connectivity index (χ2v) is 8.93. The van der Waals surface area contributed by atoms with Crippen LogP contribution in [0.4, 0.5) is 20.2 Å². The standard InChI is InChI=1S/C23H22F2N2.C4H8/c1-14-22(17-6-10-19(11-7-17)27-13-15-2-3-15)21(24)12-20(23(14)25)16-4-8-18(26)9-5-16;1-4-2-3-4/h4-12,15,27H,2-3,13,26H2,1H3;4H,2-3H2,1H3. The van der Waals surface area contributed by atoms with Crippen LogP contribution >= 0.6 is 0 Å². The molecule has 0 unspecified atom stereocenters. The fourth-order valence-electron chi connectivity index (χ4n) is 3.49. The number of benzene rings is 3. The van der Waals surface area contributed by atoms with Crippen molar-refractivity contribution in [3.63, 3.8) is 0 Å². The van der Waals surface area contributed by atoms with E-state index in [0.29, 0.717) is 27.9 Å². The first-order valence-corrected chi connectivity index (χ1v) is 11.1. The van der Waals surface area contributed by atoms with Gasteiger partial charge in [-0.25, -0.2) is 8.78 Å². The summed E-state index contributed by atoms with van der Waals surface area (Å²) in [6.07, 6.45) is 5.55. The van der Waals surface area contributed by atoms with Crippen molar-refractivity contribution in [3.05, 3.63) is 71.8 Å². The van der Waals surface area contributed by atoms with Crippen molar-refractivity contribution in [2.75, 3.05) is 17.6 Å². The Morgan fingerprint density at radius 2 is 1.48 bits per heavy atom. The minimum atomic E-state index is -0.431. The van der Waals surface area contributed by atoms with Gasteiger partial charge in [0, 0.05) is 29.0 Å². The predicted molar refractivity (Wildman–Crippen MR) is 126 cm³/mol. The molecule has 162 valence electrons. The van der Waals surface area contributed by atoms with Gasteiger partial charge in [-0.15, -0.1) is 0 Å². The van der Waals surface area contributed by atoms with Crippen LogP contribution in [-0.2, 0) is 0 Å². The van der Waals surface area contributed by atoms with Gasteiger partial charge in [-0.05, 0) is 78.6 Å². The molecule has 0 saturated heterocycles. The van der Waals surface area contributed by atoms with E-state index >= 15 is 0 Å². The summed E-state index contributed by atoms with van der Waals surface area (Å²) in [7, 11) is 0. The number of hydrogen-bond acceptors (Lipinski definition) is 2. The Labute approximate surface area is 183 Å². The van der Waals surface area contributed by atoms with Crippen LogP contribution in [0.1, 0.15) is 38.2 Å². The summed E-state index contributed by atoms with van der Waals surface area (Å²) < 4.78 is 29.9. The second kappa shape index (κ2) is 9.09. The van der Waals surface area contributed by atoms with Gasteiger partial charge in [0.25, 0.3) is 0 Å². The van der Waals surface area contributed by atoms with Crippen molar-refractivity contribution in [2.45, 2.75) is 39.5 Å². The molecule has 2 fully saturated rings. The number of nitrogens with two attached hydrogens (primary N) is 1. The molecule has 0 bridgehead atoms. The average molecular weight is 421 g/mol. The number of anilines is 2. The molecule has 2 nitrogen and oxygen atoms in total. The molecule has 3 aromatic carbocycles. The lowest BCUT2D eigenvalue weighted by Crippen LogP contribution is -2.03. The van der Waals surface area contributed by atoms with E-state index in [1.807, 2.05) is 24.3 Å². The van der Waals surface area contributed by atoms with E-state index in [0.717, 1.165) is 24.1 Å². The van der Waals surface area contributed by atoms with Gasteiger partial charge in [-0.2, -0.15) is 0 Å². The van der Waals surface area contributed by atoms with Crippen LogP contribution in [0, 0.1) is 30.4 Å². The molecule has 0 aliphatic heterocycles. The van der Waals surface area contributed by atoms with E-state index in [-0.39, 0.29) is 5.56 Å². The third kappa shape index (κ3) is 5.43. The summed E-state index contributed by atoms with van der Waals surface area (Å²) in [5.74, 6) is 1.02. The van der Waals surface area contributed by atoms with Crippen molar-refractivity contribution in [3.8, 4) is 22.3 Å².